The van der Waals surface area contributed by atoms with Crippen molar-refractivity contribution in [3.63, 3.8) is 0 Å². The van der Waals surface area contributed by atoms with Crippen molar-refractivity contribution in [2.24, 2.45) is 34.4 Å². The van der Waals surface area contributed by atoms with Crippen molar-refractivity contribution < 1.29 is 4.79 Å². The van der Waals surface area contributed by atoms with E-state index in [0.717, 1.165) is 28.8 Å². The lowest BCUT2D eigenvalue weighted by Gasteiger charge is -2.53. The fourth-order valence-corrected chi connectivity index (χ4v) is 5.43. The van der Waals surface area contributed by atoms with Gasteiger partial charge in [0.05, 0.1) is 6.04 Å². The normalized spacial score (nSPS) is 52.1. The van der Waals surface area contributed by atoms with Crippen LogP contribution in [-0.4, -0.2) is 22.5 Å². The fraction of sp³-hybridized carbons (Fsp3) is 0.846. The van der Waals surface area contributed by atoms with E-state index in [9.17, 15) is 4.79 Å². The van der Waals surface area contributed by atoms with E-state index < -0.39 is 5.37 Å². The molecule has 1 heterocycles. The highest BCUT2D eigenvalue weighted by atomic mass is 32.2. The van der Waals surface area contributed by atoms with Gasteiger partial charge in [-0.15, -0.1) is 0 Å². The van der Waals surface area contributed by atoms with Gasteiger partial charge in [0.2, 0.25) is 0 Å². The summed E-state index contributed by atoms with van der Waals surface area (Å²) in [6, 6.07) is 0.450. The Morgan fingerprint density at radius 3 is 2.22 bits per heavy atom. The highest BCUT2D eigenvalue weighted by molar-refractivity contribution is 8.15. The van der Waals surface area contributed by atoms with Crippen LogP contribution in [0.1, 0.15) is 32.1 Å². The van der Waals surface area contributed by atoms with Crippen molar-refractivity contribution in [3.05, 3.63) is 0 Å². The monoisotopic (exact) mass is 265 g/mol. The SMILES string of the molecule is NC1SC(=NC2C3CC4CC(C3)CC2C4)NC1=O. The molecular formula is C13H19N3OS. The molecule has 5 heteroatoms. The smallest absolute Gasteiger partial charge is 0.253 e. The zero-order valence-corrected chi connectivity index (χ0v) is 11.2. The minimum absolute atomic E-state index is 0.0948. The molecule has 1 amide bonds. The van der Waals surface area contributed by atoms with E-state index in [4.69, 9.17) is 10.7 Å². The second-order valence-corrected chi connectivity index (χ2v) is 7.51. The third-order valence-electron chi connectivity index (χ3n) is 5.17. The molecule has 1 unspecified atom stereocenters. The molecule has 1 saturated heterocycles. The highest BCUT2D eigenvalue weighted by Crippen LogP contribution is 2.54. The molecule has 0 aromatic rings. The van der Waals surface area contributed by atoms with E-state index >= 15 is 0 Å². The van der Waals surface area contributed by atoms with Crippen LogP contribution >= 0.6 is 11.8 Å². The molecule has 4 bridgehead atoms. The number of amidine groups is 1. The molecule has 4 nitrogen and oxygen atoms in total. The van der Waals surface area contributed by atoms with Crippen LogP contribution < -0.4 is 11.1 Å². The quantitative estimate of drug-likeness (QED) is 0.751. The number of hydrogen-bond donors (Lipinski definition) is 2. The summed E-state index contributed by atoms with van der Waals surface area (Å²) in [5, 5.41) is 3.12. The van der Waals surface area contributed by atoms with Crippen LogP contribution in [0.2, 0.25) is 0 Å². The van der Waals surface area contributed by atoms with Crippen LogP contribution in [0, 0.1) is 23.7 Å². The topological polar surface area (TPSA) is 67.5 Å². The summed E-state index contributed by atoms with van der Waals surface area (Å²) in [5.41, 5.74) is 5.69. The van der Waals surface area contributed by atoms with Crippen molar-refractivity contribution in [1.82, 2.24) is 5.32 Å². The second-order valence-electron chi connectivity index (χ2n) is 6.38. The van der Waals surface area contributed by atoms with Crippen LogP contribution in [0.5, 0.6) is 0 Å². The molecule has 5 aliphatic rings. The Morgan fingerprint density at radius 2 is 1.72 bits per heavy atom. The van der Waals surface area contributed by atoms with E-state index in [1.807, 2.05) is 0 Å². The van der Waals surface area contributed by atoms with Gasteiger partial charge in [0.25, 0.3) is 5.91 Å². The summed E-state index contributed by atoms with van der Waals surface area (Å²) < 4.78 is 0. The number of carbonyl (C=O) groups is 1. The number of aliphatic imine (C=N–C) groups is 1. The number of amides is 1. The molecule has 0 spiro atoms. The maximum atomic E-state index is 11.4. The van der Waals surface area contributed by atoms with Gasteiger partial charge < -0.3 is 11.1 Å². The molecule has 1 atom stereocenters. The molecule has 0 aromatic carbocycles. The van der Waals surface area contributed by atoms with Gasteiger partial charge in [-0.3, -0.25) is 9.79 Å². The van der Waals surface area contributed by atoms with Gasteiger partial charge in [-0.2, -0.15) is 0 Å². The third-order valence-corrected chi connectivity index (χ3v) is 6.07. The molecule has 0 aromatic heterocycles. The van der Waals surface area contributed by atoms with Gasteiger partial charge in [0, 0.05) is 0 Å². The Hall–Kier alpha value is -0.550. The van der Waals surface area contributed by atoms with Crippen LogP contribution in [0.3, 0.4) is 0 Å². The first kappa shape index (κ1) is 11.3. The summed E-state index contributed by atoms with van der Waals surface area (Å²) in [6.45, 7) is 0. The summed E-state index contributed by atoms with van der Waals surface area (Å²) in [6.07, 6.45) is 6.91. The number of nitrogens with two attached hydrogens (primary N) is 1. The summed E-state index contributed by atoms with van der Waals surface area (Å²) >= 11 is 1.39. The van der Waals surface area contributed by atoms with E-state index in [1.165, 1.54) is 43.9 Å². The Kier molecular flexibility index (Phi) is 2.49. The lowest BCUT2D eigenvalue weighted by Crippen LogP contribution is -2.48. The molecule has 4 aliphatic carbocycles. The Bertz CT molecular complexity index is 394. The van der Waals surface area contributed by atoms with E-state index in [1.54, 1.807) is 0 Å². The maximum Gasteiger partial charge on any atom is 0.253 e. The Balaban J connectivity index is 1.55. The van der Waals surface area contributed by atoms with Crippen LogP contribution in [0.25, 0.3) is 0 Å². The predicted octanol–water partition coefficient (Wildman–Crippen LogP) is 1.31. The van der Waals surface area contributed by atoms with Crippen molar-refractivity contribution >= 4 is 22.8 Å². The number of nitrogens with zero attached hydrogens (tertiary/aromatic N) is 1. The summed E-state index contributed by atoms with van der Waals surface area (Å²) in [4.78, 5) is 16.2. The van der Waals surface area contributed by atoms with Crippen molar-refractivity contribution in [2.45, 2.75) is 43.5 Å². The van der Waals surface area contributed by atoms with Gasteiger partial charge in [-0.25, -0.2) is 0 Å². The molecular weight excluding hydrogens is 246 g/mol. The standard InChI is InChI=1S/C13H19N3OS/c14-11-12(17)16-13(18-11)15-10-8-2-6-1-7(4-8)5-9(10)3-6/h6-11H,1-5,14H2,(H,15,16,17). The van der Waals surface area contributed by atoms with Gasteiger partial charge in [0.1, 0.15) is 5.37 Å². The zero-order valence-electron chi connectivity index (χ0n) is 10.3. The number of carbonyl (C=O) groups excluding carboxylic acids is 1. The molecule has 5 fully saturated rings. The number of hydrogen-bond acceptors (Lipinski definition) is 4. The predicted molar refractivity (Wildman–Crippen MR) is 72.0 cm³/mol. The lowest BCUT2D eigenvalue weighted by molar-refractivity contribution is -0.118. The van der Waals surface area contributed by atoms with Crippen LogP contribution in [0.15, 0.2) is 4.99 Å². The lowest BCUT2D eigenvalue weighted by atomic mass is 9.54. The molecule has 0 radical (unpaired) electrons. The molecule has 4 saturated carbocycles. The third kappa shape index (κ3) is 1.71. The van der Waals surface area contributed by atoms with Crippen molar-refractivity contribution in [1.29, 1.82) is 0 Å². The van der Waals surface area contributed by atoms with Crippen LogP contribution in [0.4, 0.5) is 0 Å². The molecule has 18 heavy (non-hydrogen) atoms. The van der Waals surface area contributed by atoms with Gasteiger partial charge in [-0.1, -0.05) is 11.8 Å². The van der Waals surface area contributed by atoms with Crippen molar-refractivity contribution in [2.75, 3.05) is 0 Å². The molecule has 3 N–H and O–H groups in total. The van der Waals surface area contributed by atoms with E-state index in [0.29, 0.717) is 6.04 Å². The average molecular weight is 265 g/mol. The number of rotatable bonds is 1. The first-order valence-corrected chi connectivity index (χ1v) is 7.88. The number of nitrogens with one attached hydrogen (secondary N) is 1. The fourth-order valence-electron chi connectivity index (χ4n) is 4.69. The summed E-state index contributed by atoms with van der Waals surface area (Å²) in [5.74, 6) is 3.38. The number of thioether (sulfide) groups is 1. The van der Waals surface area contributed by atoms with Gasteiger partial charge >= 0.3 is 0 Å². The summed E-state index contributed by atoms with van der Waals surface area (Å²) in [7, 11) is 0. The molecule has 1 aliphatic heterocycles. The second kappa shape index (κ2) is 3.97. The van der Waals surface area contributed by atoms with E-state index in [2.05, 4.69) is 5.32 Å². The first-order chi connectivity index (χ1) is 8.69. The Labute approximate surface area is 111 Å². The largest absolute Gasteiger partial charge is 0.311 e. The minimum Gasteiger partial charge on any atom is -0.311 e. The van der Waals surface area contributed by atoms with Crippen LogP contribution in [-0.2, 0) is 4.79 Å². The maximum absolute atomic E-state index is 11.4. The zero-order chi connectivity index (χ0) is 12.3. The van der Waals surface area contributed by atoms with Gasteiger partial charge in [0.15, 0.2) is 5.17 Å². The Morgan fingerprint density at radius 1 is 1.11 bits per heavy atom. The molecule has 5 rings (SSSR count). The minimum atomic E-state index is -0.458. The molecule has 98 valence electrons. The first-order valence-electron chi connectivity index (χ1n) is 7.00. The van der Waals surface area contributed by atoms with Gasteiger partial charge in [-0.05, 0) is 55.8 Å². The van der Waals surface area contributed by atoms with Crippen molar-refractivity contribution in [3.8, 4) is 0 Å². The van der Waals surface area contributed by atoms with E-state index in [-0.39, 0.29) is 5.91 Å². The highest BCUT2D eigenvalue weighted by Gasteiger charge is 2.48. The average Bonchev–Trinajstić information content (AvgIpc) is 2.62.